The lowest BCUT2D eigenvalue weighted by atomic mass is 10.0. The summed E-state index contributed by atoms with van der Waals surface area (Å²) in [6, 6.07) is 8.86. The van der Waals surface area contributed by atoms with Gasteiger partial charge in [-0.2, -0.15) is 0 Å². The fourth-order valence-electron chi connectivity index (χ4n) is 4.93. The monoisotopic (exact) mass is 640 g/mol. The SMILES string of the molecule is CC(C)C[C@@H]1NC(=O)CCCN(C(=O)[C@@H](C)O)CCCNC(=O)c2csc(n2)[C@H](Cc2ccccc2)NC(=O)c2csc1n2. The Morgan fingerprint density at radius 3 is 2.23 bits per heavy atom. The fraction of sp³-hybridized carbons (Fsp3) is 0.484. The molecule has 13 heteroatoms. The van der Waals surface area contributed by atoms with Gasteiger partial charge in [0.25, 0.3) is 17.7 Å². The summed E-state index contributed by atoms with van der Waals surface area (Å²) in [7, 11) is 0. The Labute approximate surface area is 265 Å². The fourth-order valence-corrected chi connectivity index (χ4v) is 6.65. The summed E-state index contributed by atoms with van der Waals surface area (Å²) in [6.07, 6.45) is 0.991. The minimum Gasteiger partial charge on any atom is -0.384 e. The highest BCUT2D eigenvalue weighted by Gasteiger charge is 2.26. The predicted octanol–water partition coefficient (Wildman–Crippen LogP) is 3.64. The molecule has 1 aromatic carbocycles. The normalized spacial score (nSPS) is 19.8. The Balaban J connectivity index is 1.62. The van der Waals surface area contributed by atoms with Crippen molar-refractivity contribution in [3.8, 4) is 0 Å². The summed E-state index contributed by atoms with van der Waals surface area (Å²) in [4.78, 5) is 62.7. The van der Waals surface area contributed by atoms with E-state index in [2.05, 4.69) is 39.8 Å². The van der Waals surface area contributed by atoms with Gasteiger partial charge in [0.2, 0.25) is 5.91 Å². The number of thiazole rings is 2. The minimum absolute atomic E-state index is 0.179. The van der Waals surface area contributed by atoms with Crippen LogP contribution in [0.3, 0.4) is 0 Å². The molecule has 3 aromatic rings. The highest BCUT2D eigenvalue weighted by molar-refractivity contribution is 7.10. The first-order valence-electron chi connectivity index (χ1n) is 14.9. The van der Waals surface area contributed by atoms with Gasteiger partial charge < -0.3 is 26.0 Å². The maximum absolute atomic E-state index is 13.5. The Morgan fingerprint density at radius 1 is 0.932 bits per heavy atom. The van der Waals surface area contributed by atoms with Crippen LogP contribution in [0.4, 0.5) is 0 Å². The molecule has 2 aromatic heterocycles. The Kier molecular flexibility index (Phi) is 12.0. The van der Waals surface area contributed by atoms with Gasteiger partial charge in [-0.25, -0.2) is 9.97 Å². The lowest BCUT2D eigenvalue weighted by Crippen LogP contribution is -2.40. The van der Waals surface area contributed by atoms with E-state index in [1.54, 1.807) is 10.8 Å². The number of rotatable bonds is 5. The molecule has 1 aliphatic rings. The number of carbonyl (C=O) groups excluding carboxylic acids is 4. The van der Waals surface area contributed by atoms with E-state index in [9.17, 15) is 24.3 Å². The third-order valence-electron chi connectivity index (χ3n) is 7.13. The molecule has 44 heavy (non-hydrogen) atoms. The summed E-state index contributed by atoms with van der Waals surface area (Å²) in [6.45, 7) is 6.43. The van der Waals surface area contributed by atoms with E-state index < -0.39 is 18.1 Å². The van der Waals surface area contributed by atoms with Crippen molar-refractivity contribution in [1.82, 2.24) is 30.8 Å². The maximum Gasteiger partial charge on any atom is 0.271 e. The van der Waals surface area contributed by atoms with E-state index in [0.29, 0.717) is 55.3 Å². The van der Waals surface area contributed by atoms with Crippen LogP contribution in [-0.2, 0) is 16.0 Å². The van der Waals surface area contributed by atoms with E-state index in [1.165, 1.54) is 34.5 Å². The van der Waals surface area contributed by atoms with Gasteiger partial charge in [0.1, 0.15) is 27.5 Å². The molecule has 0 unspecified atom stereocenters. The molecule has 0 fully saturated rings. The molecular weight excluding hydrogens is 601 g/mol. The second-order valence-electron chi connectivity index (χ2n) is 11.3. The van der Waals surface area contributed by atoms with Crippen molar-refractivity contribution < 1.29 is 24.3 Å². The number of nitrogens with zero attached hydrogens (tertiary/aromatic N) is 3. The van der Waals surface area contributed by atoms with Crippen molar-refractivity contribution in [2.24, 2.45) is 5.92 Å². The van der Waals surface area contributed by atoms with Gasteiger partial charge in [0.15, 0.2) is 0 Å². The predicted molar refractivity (Wildman–Crippen MR) is 169 cm³/mol. The molecule has 0 spiro atoms. The molecule has 0 saturated heterocycles. The first kappa shape index (κ1) is 33.2. The number of hydrogen-bond acceptors (Lipinski definition) is 9. The smallest absolute Gasteiger partial charge is 0.271 e. The van der Waals surface area contributed by atoms with Gasteiger partial charge in [-0.1, -0.05) is 44.2 Å². The zero-order chi connectivity index (χ0) is 31.6. The number of amides is 4. The van der Waals surface area contributed by atoms with Crippen molar-refractivity contribution in [3.05, 3.63) is 68.1 Å². The summed E-state index contributed by atoms with van der Waals surface area (Å²) < 4.78 is 0. The quantitative estimate of drug-likeness (QED) is 0.332. The van der Waals surface area contributed by atoms with Gasteiger partial charge in [-0.3, -0.25) is 19.2 Å². The first-order valence-corrected chi connectivity index (χ1v) is 16.7. The van der Waals surface area contributed by atoms with Crippen LogP contribution in [0.1, 0.15) is 95.1 Å². The van der Waals surface area contributed by atoms with E-state index in [4.69, 9.17) is 0 Å². The third-order valence-corrected chi connectivity index (χ3v) is 9.04. The molecule has 0 radical (unpaired) electrons. The second-order valence-corrected chi connectivity index (χ2v) is 13.1. The zero-order valence-electron chi connectivity index (χ0n) is 25.2. The van der Waals surface area contributed by atoms with Crippen LogP contribution in [-0.4, -0.2) is 69.3 Å². The highest BCUT2D eigenvalue weighted by Crippen LogP contribution is 2.27. The molecular formula is C31H40N6O5S2. The molecule has 4 amide bonds. The van der Waals surface area contributed by atoms with Crippen LogP contribution in [0.25, 0.3) is 0 Å². The van der Waals surface area contributed by atoms with Crippen molar-refractivity contribution in [2.75, 3.05) is 19.6 Å². The van der Waals surface area contributed by atoms with E-state index in [1.807, 2.05) is 30.3 Å². The van der Waals surface area contributed by atoms with Crippen molar-refractivity contribution in [1.29, 1.82) is 0 Å². The molecule has 11 nitrogen and oxygen atoms in total. The van der Waals surface area contributed by atoms with Crippen LogP contribution in [0.15, 0.2) is 41.1 Å². The summed E-state index contributed by atoms with van der Waals surface area (Å²) in [5.41, 5.74) is 1.50. The first-order chi connectivity index (χ1) is 21.1. The third kappa shape index (κ3) is 9.41. The van der Waals surface area contributed by atoms with Crippen molar-refractivity contribution >= 4 is 46.3 Å². The average Bonchev–Trinajstić information content (AvgIpc) is 3.68. The number of aliphatic hydroxyl groups excluding tert-OH is 1. The topological polar surface area (TPSA) is 154 Å². The number of hydrogen-bond donors (Lipinski definition) is 4. The van der Waals surface area contributed by atoms with Gasteiger partial charge in [0, 0.05) is 36.8 Å². The number of aromatic nitrogens is 2. The van der Waals surface area contributed by atoms with Gasteiger partial charge >= 0.3 is 0 Å². The van der Waals surface area contributed by atoms with Crippen LogP contribution in [0.5, 0.6) is 0 Å². The lowest BCUT2D eigenvalue weighted by Gasteiger charge is -2.24. The molecule has 4 N–H and O–H groups in total. The Morgan fingerprint density at radius 2 is 1.57 bits per heavy atom. The second kappa shape index (κ2) is 15.9. The summed E-state index contributed by atoms with van der Waals surface area (Å²) >= 11 is 2.62. The average molecular weight is 641 g/mol. The van der Waals surface area contributed by atoms with Gasteiger partial charge in [-0.05, 0) is 44.1 Å². The maximum atomic E-state index is 13.5. The number of carbonyl (C=O) groups is 4. The highest BCUT2D eigenvalue weighted by atomic mass is 32.1. The molecule has 4 rings (SSSR count). The molecule has 236 valence electrons. The minimum atomic E-state index is -1.17. The Hall–Kier alpha value is -3.68. The molecule has 3 atom stereocenters. The van der Waals surface area contributed by atoms with Crippen LogP contribution in [0.2, 0.25) is 0 Å². The molecule has 0 saturated carbocycles. The molecule has 4 bridgehead atoms. The van der Waals surface area contributed by atoms with E-state index >= 15 is 0 Å². The number of nitrogens with one attached hydrogen (secondary N) is 3. The van der Waals surface area contributed by atoms with Crippen molar-refractivity contribution in [3.63, 3.8) is 0 Å². The molecule has 3 heterocycles. The number of fused-ring (bicyclic) bond motifs is 4. The molecule has 1 aliphatic heterocycles. The lowest BCUT2D eigenvalue weighted by molar-refractivity contribution is -0.139. The zero-order valence-corrected chi connectivity index (χ0v) is 26.9. The largest absolute Gasteiger partial charge is 0.384 e. The van der Waals surface area contributed by atoms with Crippen LogP contribution in [0, 0.1) is 5.92 Å². The Bertz CT molecular complexity index is 1420. The standard InChI is InChI=1S/C31H40N6O5S2/c1-19(2)15-22-29-36-25(18-44-29)28(41)34-23(16-21-9-5-4-6-10-21)30-35-24(17-43-30)27(40)32-12-8-14-37(31(42)20(3)38)13-7-11-26(39)33-22/h4-6,9-10,17-20,22-23,38H,7-8,11-16H2,1-3H3,(H,32,40)(H,33,39)(H,34,41)/t20-,22+,23+/m1/s1. The number of benzene rings is 1. The summed E-state index contributed by atoms with van der Waals surface area (Å²) in [5.74, 6) is -1.05. The van der Waals surface area contributed by atoms with E-state index in [0.717, 1.165) is 5.56 Å². The van der Waals surface area contributed by atoms with Crippen LogP contribution >= 0.6 is 22.7 Å². The van der Waals surface area contributed by atoms with Gasteiger partial charge in [-0.15, -0.1) is 22.7 Å². The molecule has 0 aliphatic carbocycles. The van der Waals surface area contributed by atoms with Crippen LogP contribution < -0.4 is 16.0 Å². The van der Waals surface area contributed by atoms with Crippen molar-refractivity contribution in [2.45, 2.75) is 71.1 Å². The number of aliphatic hydroxyl groups is 1. The summed E-state index contributed by atoms with van der Waals surface area (Å²) in [5, 5.41) is 23.5. The van der Waals surface area contributed by atoms with Gasteiger partial charge in [0.05, 0.1) is 12.1 Å². The van der Waals surface area contributed by atoms with E-state index in [-0.39, 0.29) is 47.5 Å².